The first-order valence-corrected chi connectivity index (χ1v) is 7.39. The molecule has 23 heavy (non-hydrogen) atoms. The summed E-state index contributed by atoms with van der Waals surface area (Å²) in [6, 6.07) is 5.04. The SMILES string of the molecule is O=C(CCCc1cccc(C(F)(F)F)c1)NCC1(C(=O)O)CC1. The van der Waals surface area contributed by atoms with E-state index in [4.69, 9.17) is 5.11 Å². The van der Waals surface area contributed by atoms with Crippen molar-refractivity contribution in [2.45, 2.75) is 38.3 Å². The van der Waals surface area contributed by atoms with Gasteiger partial charge in [0.1, 0.15) is 0 Å². The van der Waals surface area contributed by atoms with Crippen LogP contribution in [0.15, 0.2) is 24.3 Å². The fourth-order valence-corrected chi connectivity index (χ4v) is 2.33. The number of halogens is 3. The van der Waals surface area contributed by atoms with Crippen LogP contribution in [-0.4, -0.2) is 23.5 Å². The van der Waals surface area contributed by atoms with Crippen molar-refractivity contribution in [3.8, 4) is 0 Å². The average Bonchev–Trinajstić information content (AvgIpc) is 3.26. The van der Waals surface area contributed by atoms with Crippen LogP contribution in [0.2, 0.25) is 0 Å². The minimum absolute atomic E-state index is 0.116. The number of carboxylic acids is 1. The largest absolute Gasteiger partial charge is 0.481 e. The van der Waals surface area contributed by atoms with E-state index in [1.165, 1.54) is 6.07 Å². The molecule has 0 atom stereocenters. The summed E-state index contributed by atoms with van der Waals surface area (Å²) < 4.78 is 37.8. The summed E-state index contributed by atoms with van der Waals surface area (Å²) in [5.41, 5.74) is -0.982. The minimum Gasteiger partial charge on any atom is -0.481 e. The summed E-state index contributed by atoms with van der Waals surface area (Å²) in [7, 11) is 0. The molecule has 0 saturated heterocycles. The van der Waals surface area contributed by atoms with Gasteiger partial charge in [0.15, 0.2) is 0 Å². The Morgan fingerprint density at radius 1 is 1.26 bits per heavy atom. The van der Waals surface area contributed by atoms with E-state index in [-0.39, 0.29) is 18.9 Å². The molecular formula is C16H18F3NO3. The first kappa shape index (κ1) is 17.3. The summed E-state index contributed by atoms with van der Waals surface area (Å²) in [5, 5.41) is 11.6. The molecular weight excluding hydrogens is 311 g/mol. The summed E-state index contributed by atoms with van der Waals surface area (Å²) in [6.45, 7) is 0.116. The van der Waals surface area contributed by atoms with Crippen LogP contribution in [0.5, 0.6) is 0 Å². The molecule has 0 heterocycles. The molecule has 1 fully saturated rings. The molecule has 2 rings (SSSR count). The quantitative estimate of drug-likeness (QED) is 0.808. The molecule has 0 spiro atoms. The molecule has 1 aliphatic carbocycles. The summed E-state index contributed by atoms with van der Waals surface area (Å²) in [6.07, 6.45) is -2.32. The predicted molar refractivity (Wildman–Crippen MR) is 76.7 cm³/mol. The number of hydrogen-bond acceptors (Lipinski definition) is 2. The van der Waals surface area contributed by atoms with E-state index in [1.807, 2.05) is 0 Å². The molecule has 0 radical (unpaired) electrons. The van der Waals surface area contributed by atoms with Crippen LogP contribution in [0.1, 0.15) is 36.8 Å². The van der Waals surface area contributed by atoms with Crippen molar-refractivity contribution >= 4 is 11.9 Å². The third-order valence-corrected chi connectivity index (χ3v) is 4.05. The molecule has 1 aromatic rings. The average molecular weight is 329 g/mol. The van der Waals surface area contributed by atoms with E-state index in [0.29, 0.717) is 31.2 Å². The maximum atomic E-state index is 12.6. The number of aliphatic carboxylic acids is 1. The zero-order valence-electron chi connectivity index (χ0n) is 12.4. The maximum Gasteiger partial charge on any atom is 0.416 e. The number of amides is 1. The van der Waals surface area contributed by atoms with Gasteiger partial charge in [-0.1, -0.05) is 18.2 Å². The van der Waals surface area contributed by atoms with Gasteiger partial charge in [0, 0.05) is 13.0 Å². The van der Waals surface area contributed by atoms with Crippen LogP contribution in [0.3, 0.4) is 0 Å². The van der Waals surface area contributed by atoms with Crippen LogP contribution in [-0.2, 0) is 22.2 Å². The maximum absolute atomic E-state index is 12.6. The molecule has 0 bridgehead atoms. The summed E-state index contributed by atoms with van der Waals surface area (Å²) in [4.78, 5) is 22.6. The van der Waals surface area contributed by atoms with E-state index in [1.54, 1.807) is 6.07 Å². The highest BCUT2D eigenvalue weighted by Gasteiger charge is 2.50. The van der Waals surface area contributed by atoms with Crippen LogP contribution in [0, 0.1) is 5.41 Å². The van der Waals surface area contributed by atoms with E-state index in [0.717, 1.165) is 12.1 Å². The first-order chi connectivity index (χ1) is 10.7. The number of carboxylic acid groups (broad SMARTS) is 1. The lowest BCUT2D eigenvalue weighted by Crippen LogP contribution is -2.34. The Balaban J connectivity index is 1.75. The first-order valence-electron chi connectivity index (χ1n) is 7.39. The third-order valence-electron chi connectivity index (χ3n) is 4.05. The second-order valence-corrected chi connectivity index (χ2v) is 5.91. The molecule has 4 nitrogen and oxygen atoms in total. The molecule has 126 valence electrons. The molecule has 0 aromatic heterocycles. The predicted octanol–water partition coefficient (Wildman–Crippen LogP) is 3.01. The van der Waals surface area contributed by atoms with Crippen molar-refractivity contribution in [2.24, 2.45) is 5.41 Å². The Labute approximate surface area is 131 Å². The second-order valence-electron chi connectivity index (χ2n) is 5.91. The number of carbonyl (C=O) groups excluding carboxylic acids is 1. The van der Waals surface area contributed by atoms with Crippen molar-refractivity contribution in [3.05, 3.63) is 35.4 Å². The standard InChI is InChI=1S/C16H18F3NO3/c17-16(18,19)12-5-1-3-11(9-12)4-2-6-13(21)20-10-15(7-8-15)14(22)23/h1,3,5,9H,2,4,6-8,10H2,(H,20,21)(H,22,23). The number of carbonyl (C=O) groups is 2. The molecule has 0 aliphatic heterocycles. The van der Waals surface area contributed by atoms with Gasteiger partial charge in [-0.05, 0) is 37.3 Å². The highest BCUT2D eigenvalue weighted by Crippen LogP contribution is 2.45. The topological polar surface area (TPSA) is 66.4 Å². The molecule has 1 aliphatic rings. The number of alkyl halides is 3. The molecule has 2 N–H and O–H groups in total. The van der Waals surface area contributed by atoms with Crippen LogP contribution < -0.4 is 5.32 Å². The summed E-state index contributed by atoms with van der Waals surface area (Å²) in [5.74, 6) is -1.17. The molecule has 1 aromatic carbocycles. The smallest absolute Gasteiger partial charge is 0.416 e. The molecule has 7 heteroatoms. The zero-order chi connectivity index (χ0) is 17.1. The Morgan fingerprint density at radius 3 is 2.52 bits per heavy atom. The molecule has 1 saturated carbocycles. The van der Waals surface area contributed by atoms with Gasteiger partial charge in [0.2, 0.25) is 5.91 Å². The Hall–Kier alpha value is -2.05. The Kier molecular flexibility index (Phi) is 4.97. The monoisotopic (exact) mass is 329 g/mol. The second kappa shape index (κ2) is 6.60. The van der Waals surface area contributed by atoms with Crippen molar-refractivity contribution in [1.29, 1.82) is 0 Å². The fraction of sp³-hybridized carbons (Fsp3) is 0.500. The van der Waals surface area contributed by atoms with Gasteiger partial charge in [0.05, 0.1) is 11.0 Å². The highest BCUT2D eigenvalue weighted by atomic mass is 19.4. The van der Waals surface area contributed by atoms with Crippen molar-refractivity contribution in [1.82, 2.24) is 5.32 Å². The van der Waals surface area contributed by atoms with Crippen molar-refractivity contribution in [3.63, 3.8) is 0 Å². The van der Waals surface area contributed by atoms with Crippen LogP contribution in [0.25, 0.3) is 0 Å². The fourth-order valence-electron chi connectivity index (χ4n) is 2.33. The lowest BCUT2D eigenvalue weighted by molar-refractivity contribution is -0.143. The lowest BCUT2D eigenvalue weighted by Gasteiger charge is -2.11. The normalized spacial score (nSPS) is 16.0. The van der Waals surface area contributed by atoms with Gasteiger partial charge < -0.3 is 10.4 Å². The van der Waals surface area contributed by atoms with Crippen molar-refractivity contribution in [2.75, 3.05) is 6.54 Å². The highest BCUT2D eigenvalue weighted by molar-refractivity contribution is 5.80. The number of benzene rings is 1. The number of rotatable bonds is 7. The van der Waals surface area contributed by atoms with E-state index >= 15 is 0 Å². The van der Waals surface area contributed by atoms with E-state index in [9.17, 15) is 22.8 Å². The third kappa shape index (κ3) is 4.71. The van der Waals surface area contributed by atoms with E-state index < -0.39 is 23.1 Å². The molecule has 0 unspecified atom stereocenters. The van der Waals surface area contributed by atoms with Crippen LogP contribution >= 0.6 is 0 Å². The van der Waals surface area contributed by atoms with Crippen LogP contribution in [0.4, 0.5) is 13.2 Å². The van der Waals surface area contributed by atoms with Gasteiger partial charge in [-0.3, -0.25) is 9.59 Å². The minimum atomic E-state index is -4.37. The number of aryl methyl sites for hydroxylation is 1. The van der Waals surface area contributed by atoms with Crippen molar-refractivity contribution < 1.29 is 27.9 Å². The van der Waals surface area contributed by atoms with Gasteiger partial charge in [-0.25, -0.2) is 0 Å². The van der Waals surface area contributed by atoms with E-state index in [2.05, 4.69) is 5.32 Å². The number of hydrogen-bond donors (Lipinski definition) is 2. The zero-order valence-corrected chi connectivity index (χ0v) is 12.4. The van der Waals surface area contributed by atoms with Gasteiger partial charge in [-0.15, -0.1) is 0 Å². The Bertz CT molecular complexity index is 594. The van der Waals surface area contributed by atoms with Gasteiger partial charge in [0.25, 0.3) is 0 Å². The Morgan fingerprint density at radius 2 is 1.96 bits per heavy atom. The number of nitrogens with one attached hydrogen (secondary N) is 1. The molecule has 1 amide bonds. The summed E-state index contributed by atoms with van der Waals surface area (Å²) >= 11 is 0. The van der Waals surface area contributed by atoms with Gasteiger partial charge >= 0.3 is 12.1 Å². The van der Waals surface area contributed by atoms with Gasteiger partial charge in [-0.2, -0.15) is 13.2 Å². The lowest BCUT2D eigenvalue weighted by atomic mass is 10.0.